The summed E-state index contributed by atoms with van der Waals surface area (Å²) >= 11 is 0. The van der Waals surface area contributed by atoms with E-state index in [1.165, 1.54) is 5.56 Å². The van der Waals surface area contributed by atoms with Gasteiger partial charge < -0.3 is 10.1 Å². The van der Waals surface area contributed by atoms with Crippen LogP contribution < -0.4 is 5.32 Å². The Labute approximate surface area is 189 Å². The summed E-state index contributed by atoms with van der Waals surface area (Å²) in [6, 6.07) is 12.4. The predicted molar refractivity (Wildman–Crippen MR) is 123 cm³/mol. The molecule has 0 atom stereocenters. The number of nitrogens with one attached hydrogen (secondary N) is 1. The Kier molecular flexibility index (Phi) is 6.37. The van der Waals surface area contributed by atoms with Crippen LogP contribution in [0.2, 0.25) is 0 Å². The molecule has 0 radical (unpaired) electrons. The van der Waals surface area contributed by atoms with Gasteiger partial charge in [0, 0.05) is 47.8 Å². The zero-order valence-corrected chi connectivity index (χ0v) is 19.3. The van der Waals surface area contributed by atoms with E-state index in [1.54, 1.807) is 4.68 Å². The molecule has 7 heteroatoms. The Balaban J connectivity index is 1.50. The molecule has 7 nitrogen and oxygen atoms in total. The summed E-state index contributed by atoms with van der Waals surface area (Å²) in [5, 5.41) is 7.82. The van der Waals surface area contributed by atoms with Gasteiger partial charge in [0.2, 0.25) is 5.91 Å². The maximum Gasteiger partial charge on any atom is 0.251 e. The van der Waals surface area contributed by atoms with Gasteiger partial charge in [0.1, 0.15) is 0 Å². The van der Waals surface area contributed by atoms with Crippen molar-refractivity contribution in [2.24, 2.45) is 0 Å². The van der Waals surface area contributed by atoms with Gasteiger partial charge in [-0.05, 0) is 52.2 Å². The lowest BCUT2D eigenvalue weighted by atomic mass is 9.74. The van der Waals surface area contributed by atoms with Crippen molar-refractivity contribution in [2.45, 2.75) is 52.4 Å². The Morgan fingerprint density at radius 2 is 1.72 bits per heavy atom. The van der Waals surface area contributed by atoms with Gasteiger partial charge in [-0.25, -0.2) is 14.6 Å². The summed E-state index contributed by atoms with van der Waals surface area (Å²) in [6.45, 7) is 9.81. The molecule has 0 aliphatic carbocycles. The number of hydrogen-bond acceptors (Lipinski definition) is 5. The molecule has 2 aromatic heterocycles. The lowest BCUT2D eigenvalue weighted by Gasteiger charge is -2.38. The second-order valence-electron chi connectivity index (χ2n) is 8.72. The molecule has 1 fully saturated rings. The topological polar surface area (TPSA) is 81.9 Å². The van der Waals surface area contributed by atoms with Crippen LogP contribution >= 0.6 is 0 Å². The van der Waals surface area contributed by atoms with Gasteiger partial charge in [0.15, 0.2) is 0 Å². The van der Waals surface area contributed by atoms with E-state index in [1.807, 2.05) is 39.8 Å². The van der Waals surface area contributed by atoms with Gasteiger partial charge in [0.05, 0.1) is 12.1 Å². The van der Waals surface area contributed by atoms with Crippen LogP contribution in [0, 0.1) is 27.7 Å². The number of aromatic nitrogens is 4. The molecule has 1 aromatic carbocycles. The number of carbonyl (C=O) groups excluding carboxylic acids is 1. The van der Waals surface area contributed by atoms with Crippen LogP contribution in [0.1, 0.15) is 46.7 Å². The fourth-order valence-corrected chi connectivity index (χ4v) is 4.54. The van der Waals surface area contributed by atoms with Crippen LogP contribution in [0.15, 0.2) is 36.4 Å². The summed E-state index contributed by atoms with van der Waals surface area (Å²) in [5.41, 5.74) is 5.60. The van der Waals surface area contributed by atoms with Crippen molar-refractivity contribution in [1.82, 2.24) is 25.1 Å². The average Bonchev–Trinajstić information content (AvgIpc) is 3.07. The third-order valence-corrected chi connectivity index (χ3v) is 6.40. The molecule has 1 amide bonds. The smallest absolute Gasteiger partial charge is 0.251 e. The van der Waals surface area contributed by atoms with Crippen molar-refractivity contribution in [3.63, 3.8) is 0 Å². The molecule has 168 valence electrons. The number of amides is 1. The molecule has 0 bridgehead atoms. The largest absolute Gasteiger partial charge is 0.381 e. The summed E-state index contributed by atoms with van der Waals surface area (Å²) in [7, 11) is 0. The van der Waals surface area contributed by atoms with Crippen molar-refractivity contribution < 1.29 is 9.53 Å². The quantitative estimate of drug-likeness (QED) is 0.645. The molecule has 1 N–H and O–H groups in total. The molecular weight excluding hydrogens is 402 g/mol. The van der Waals surface area contributed by atoms with E-state index >= 15 is 0 Å². The molecule has 3 aromatic rings. The van der Waals surface area contributed by atoms with E-state index in [0.29, 0.717) is 25.7 Å². The highest BCUT2D eigenvalue weighted by Crippen LogP contribution is 2.34. The summed E-state index contributed by atoms with van der Waals surface area (Å²) in [4.78, 5) is 22.0. The van der Waals surface area contributed by atoms with Crippen molar-refractivity contribution in [2.75, 3.05) is 19.8 Å². The molecule has 0 unspecified atom stereocenters. The highest BCUT2D eigenvalue weighted by Gasteiger charge is 2.34. The van der Waals surface area contributed by atoms with E-state index in [4.69, 9.17) is 4.74 Å². The third-order valence-electron chi connectivity index (χ3n) is 6.40. The Morgan fingerprint density at radius 1 is 1.06 bits per heavy atom. The molecule has 32 heavy (non-hydrogen) atoms. The maximum absolute atomic E-state index is 13.0. The average molecular weight is 434 g/mol. The number of hydrogen-bond donors (Lipinski definition) is 1. The molecule has 3 heterocycles. The first-order valence-electron chi connectivity index (χ1n) is 11.2. The van der Waals surface area contributed by atoms with Gasteiger partial charge in [0.25, 0.3) is 5.95 Å². The van der Waals surface area contributed by atoms with Crippen LogP contribution in [-0.2, 0) is 21.4 Å². The van der Waals surface area contributed by atoms with Crippen LogP contribution in [-0.4, -0.2) is 45.4 Å². The highest BCUT2D eigenvalue weighted by molar-refractivity contribution is 5.79. The third kappa shape index (κ3) is 4.58. The van der Waals surface area contributed by atoms with E-state index in [2.05, 4.69) is 44.6 Å². The number of carbonyl (C=O) groups is 1. The lowest BCUT2D eigenvalue weighted by Crippen LogP contribution is -2.45. The van der Waals surface area contributed by atoms with Crippen molar-refractivity contribution in [3.05, 3.63) is 70.3 Å². The Bertz CT molecular complexity index is 1080. The number of rotatable bonds is 6. The van der Waals surface area contributed by atoms with E-state index in [9.17, 15) is 4.79 Å². The number of aryl methyl sites for hydroxylation is 3. The van der Waals surface area contributed by atoms with Crippen LogP contribution in [0.4, 0.5) is 0 Å². The SMILES string of the molecule is Cc1cc(C)nc(-n2nc(C)c(CC(=O)NCC3(c4ccccc4)CCOCC3)c2C)n1. The molecule has 0 spiro atoms. The van der Waals surface area contributed by atoms with Crippen LogP contribution in [0.25, 0.3) is 5.95 Å². The normalized spacial score (nSPS) is 15.5. The summed E-state index contributed by atoms with van der Waals surface area (Å²) in [5.74, 6) is 0.541. The minimum Gasteiger partial charge on any atom is -0.381 e. The Hall–Kier alpha value is -3.06. The van der Waals surface area contributed by atoms with Crippen molar-refractivity contribution in [1.29, 1.82) is 0 Å². The van der Waals surface area contributed by atoms with Gasteiger partial charge in [-0.2, -0.15) is 5.10 Å². The summed E-state index contributed by atoms with van der Waals surface area (Å²) < 4.78 is 7.34. The Morgan fingerprint density at radius 3 is 2.38 bits per heavy atom. The second kappa shape index (κ2) is 9.20. The predicted octanol–water partition coefficient (Wildman–Crippen LogP) is 3.30. The molecule has 1 aliphatic rings. The first-order chi connectivity index (χ1) is 15.4. The molecule has 0 saturated carbocycles. The highest BCUT2D eigenvalue weighted by atomic mass is 16.5. The summed E-state index contributed by atoms with van der Waals surface area (Å²) in [6.07, 6.45) is 2.08. The fraction of sp³-hybridized carbons (Fsp3) is 0.440. The molecule has 4 rings (SSSR count). The number of ether oxygens (including phenoxy) is 1. The minimum absolute atomic E-state index is 0.00103. The number of nitrogens with zero attached hydrogens (tertiary/aromatic N) is 4. The first kappa shape index (κ1) is 22.1. The monoisotopic (exact) mass is 433 g/mol. The van der Waals surface area contributed by atoms with Gasteiger partial charge in [-0.15, -0.1) is 0 Å². The maximum atomic E-state index is 13.0. The van der Waals surface area contributed by atoms with Crippen LogP contribution in [0.5, 0.6) is 0 Å². The zero-order valence-electron chi connectivity index (χ0n) is 19.3. The van der Waals surface area contributed by atoms with Crippen molar-refractivity contribution >= 4 is 5.91 Å². The molecule has 1 aliphatic heterocycles. The fourth-order valence-electron chi connectivity index (χ4n) is 4.54. The molecular formula is C25H31N5O2. The zero-order chi connectivity index (χ0) is 22.7. The van der Waals surface area contributed by atoms with Crippen LogP contribution in [0.3, 0.4) is 0 Å². The van der Waals surface area contributed by atoms with Crippen molar-refractivity contribution in [3.8, 4) is 5.95 Å². The number of benzene rings is 1. The standard InChI is InChI=1S/C25H31N5O2/c1-17-14-18(2)28-24(27-17)30-20(4)22(19(3)29-30)15-23(31)26-16-25(10-12-32-13-11-25)21-8-6-5-7-9-21/h5-9,14H,10-13,15-16H2,1-4H3,(H,26,31). The van der Waals surface area contributed by atoms with E-state index in [-0.39, 0.29) is 17.7 Å². The van der Waals surface area contributed by atoms with Gasteiger partial charge >= 0.3 is 0 Å². The lowest BCUT2D eigenvalue weighted by molar-refractivity contribution is -0.121. The molecule has 1 saturated heterocycles. The van der Waals surface area contributed by atoms with Gasteiger partial charge in [-0.1, -0.05) is 30.3 Å². The second-order valence-corrected chi connectivity index (χ2v) is 8.72. The minimum atomic E-state index is -0.0869. The first-order valence-corrected chi connectivity index (χ1v) is 11.2. The van der Waals surface area contributed by atoms with Gasteiger partial charge in [-0.3, -0.25) is 4.79 Å². The van der Waals surface area contributed by atoms with E-state index < -0.39 is 0 Å². The van der Waals surface area contributed by atoms with E-state index in [0.717, 1.165) is 41.2 Å².